The van der Waals surface area contributed by atoms with Gasteiger partial charge in [0, 0.05) is 11.4 Å². The van der Waals surface area contributed by atoms with Gasteiger partial charge in [0.25, 0.3) is 0 Å². The molecule has 0 saturated carbocycles. The Balaban J connectivity index is 1.90. The molecule has 0 aromatic heterocycles. The highest BCUT2D eigenvalue weighted by atomic mass is 35.5. The van der Waals surface area contributed by atoms with Gasteiger partial charge in [-0.3, -0.25) is 0 Å². The molecule has 0 aliphatic carbocycles. The minimum Gasteiger partial charge on any atom is -0.490 e. The summed E-state index contributed by atoms with van der Waals surface area (Å²) in [4.78, 5) is 0. The predicted molar refractivity (Wildman–Crippen MR) is 81.2 cm³/mol. The Hall–Kier alpha value is -1.38. The summed E-state index contributed by atoms with van der Waals surface area (Å²) in [7, 11) is 0. The van der Waals surface area contributed by atoms with Gasteiger partial charge in [0.1, 0.15) is 0 Å². The van der Waals surface area contributed by atoms with Gasteiger partial charge in [-0.25, -0.2) is 0 Å². The molecule has 0 spiro atoms. The number of hydrogen-bond donors (Lipinski definition) is 0. The van der Waals surface area contributed by atoms with Crippen LogP contribution in [0.5, 0.6) is 11.5 Å². The second-order valence-corrected chi connectivity index (χ2v) is 5.54. The molecule has 1 unspecified atom stereocenters. The van der Waals surface area contributed by atoms with E-state index in [1.54, 1.807) is 0 Å². The molecule has 0 radical (unpaired) electrons. The summed E-state index contributed by atoms with van der Waals surface area (Å²) in [5, 5.41) is 0.473. The molecular formula is C16H14Cl2O2. The molecule has 0 bridgehead atoms. The zero-order valence-corrected chi connectivity index (χ0v) is 12.3. The van der Waals surface area contributed by atoms with Gasteiger partial charge >= 0.3 is 0 Å². The van der Waals surface area contributed by atoms with Crippen LogP contribution < -0.4 is 9.47 Å². The first-order valence-electron chi connectivity index (χ1n) is 6.53. The maximum atomic E-state index is 6.53. The summed E-state index contributed by atoms with van der Waals surface area (Å²) in [5.74, 6) is 1.55. The molecule has 0 N–H and O–H groups in total. The second-order valence-electron chi connectivity index (χ2n) is 4.67. The van der Waals surface area contributed by atoms with Crippen molar-refractivity contribution in [2.24, 2.45) is 0 Å². The molecule has 1 atom stereocenters. The molecule has 3 rings (SSSR count). The van der Waals surface area contributed by atoms with Crippen LogP contribution in [0.15, 0.2) is 42.5 Å². The SMILES string of the molecule is Clc1ccc(C(Cl)c2ccc3c(c2)OCCCO3)cc1. The fourth-order valence-corrected chi connectivity index (χ4v) is 2.57. The molecule has 104 valence electrons. The van der Waals surface area contributed by atoms with E-state index in [1.165, 1.54) is 0 Å². The maximum Gasteiger partial charge on any atom is 0.161 e. The van der Waals surface area contributed by atoms with Crippen molar-refractivity contribution in [2.75, 3.05) is 13.2 Å². The lowest BCUT2D eigenvalue weighted by Gasteiger charge is -2.13. The maximum absolute atomic E-state index is 6.53. The summed E-state index contributed by atoms with van der Waals surface area (Å²) in [5.41, 5.74) is 1.99. The molecular weight excluding hydrogens is 295 g/mol. The fraction of sp³-hybridized carbons (Fsp3) is 0.250. The van der Waals surface area contributed by atoms with Gasteiger partial charge < -0.3 is 9.47 Å². The summed E-state index contributed by atoms with van der Waals surface area (Å²) < 4.78 is 11.3. The average molecular weight is 309 g/mol. The molecule has 20 heavy (non-hydrogen) atoms. The second kappa shape index (κ2) is 5.94. The van der Waals surface area contributed by atoms with Crippen LogP contribution >= 0.6 is 23.2 Å². The largest absolute Gasteiger partial charge is 0.490 e. The van der Waals surface area contributed by atoms with Gasteiger partial charge in [0.15, 0.2) is 11.5 Å². The molecule has 1 aliphatic rings. The molecule has 0 amide bonds. The third-order valence-electron chi connectivity index (χ3n) is 3.23. The Labute approximate surface area is 128 Å². The Morgan fingerprint density at radius 1 is 0.850 bits per heavy atom. The van der Waals surface area contributed by atoms with Crippen LogP contribution in [0.3, 0.4) is 0 Å². The number of halogens is 2. The van der Waals surface area contributed by atoms with E-state index in [0.717, 1.165) is 29.0 Å². The van der Waals surface area contributed by atoms with Crippen molar-refractivity contribution < 1.29 is 9.47 Å². The monoisotopic (exact) mass is 308 g/mol. The summed E-state index contributed by atoms with van der Waals surface area (Å²) in [6.45, 7) is 1.36. The standard InChI is InChI=1S/C16H14Cl2O2/c17-13-5-2-11(3-6-13)16(18)12-4-7-14-15(10-12)20-9-1-8-19-14/h2-7,10,16H,1,8-9H2. The molecule has 2 nitrogen and oxygen atoms in total. The smallest absolute Gasteiger partial charge is 0.161 e. The van der Waals surface area contributed by atoms with Gasteiger partial charge in [0.05, 0.1) is 18.6 Å². The first-order chi connectivity index (χ1) is 9.74. The van der Waals surface area contributed by atoms with Crippen molar-refractivity contribution in [1.82, 2.24) is 0 Å². The summed E-state index contributed by atoms with van der Waals surface area (Å²) >= 11 is 12.4. The lowest BCUT2D eigenvalue weighted by molar-refractivity contribution is 0.297. The molecule has 0 saturated heterocycles. The number of alkyl halides is 1. The lowest BCUT2D eigenvalue weighted by Crippen LogP contribution is -1.97. The Bertz CT molecular complexity index is 596. The molecule has 4 heteroatoms. The van der Waals surface area contributed by atoms with Crippen LogP contribution in [0.4, 0.5) is 0 Å². The minimum absolute atomic E-state index is 0.232. The summed E-state index contributed by atoms with van der Waals surface area (Å²) in [6, 6.07) is 13.4. The van der Waals surface area contributed by atoms with E-state index in [1.807, 2.05) is 42.5 Å². The molecule has 1 heterocycles. The van der Waals surface area contributed by atoms with E-state index < -0.39 is 0 Å². The molecule has 2 aromatic carbocycles. The number of rotatable bonds is 2. The lowest BCUT2D eigenvalue weighted by atomic mass is 10.0. The highest BCUT2D eigenvalue weighted by Gasteiger charge is 2.16. The number of fused-ring (bicyclic) bond motifs is 1. The van der Waals surface area contributed by atoms with Crippen molar-refractivity contribution in [3.63, 3.8) is 0 Å². The van der Waals surface area contributed by atoms with Crippen molar-refractivity contribution >= 4 is 23.2 Å². The van der Waals surface area contributed by atoms with Crippen molar-refractivity contribution in [1.29, 1.82) is 0 Å². The Kier molecular flexibility index (Phi) is 4.04. The van der Waals surface area contributed by atoms with E-state index in [0.29, 0.717) is 18.2 Å². The van der Waals surface area contributed by atoms with Crippen molar-refractivity contribution in [3.8, 4) is 11.5 Å². The average Bonchev–Trinajstić information content (AvgIpc) is 2.71. The number of benzene rings is 2. The van der Waals surface area contributed by atoms with Gasteiger partial charge in [-0.1, -0.05) is 29.8 Å². The number of hydrogen-bond acceptors (Lipinski definition) is 2. The first-order valence-corrected chi connectivity index (χ1v) is 7.34. The zero-order chi connectivity index (χ0) is 13.9. The van der Waals surface area contributed by atoms with Crippen molar-refractivity contribution in [3.05, 3.63) is 58.6 Å². The normalized spacial score (nSPS) is 15.5. The number of ether oxygens (including phenoxy) is 2. The first kappa shape index (κ1) is 13.6. The van der Waals surface area contributed by atoms with Crippen LogP contribution in [-0.4, -0.2) is 13.2 Å². The van der Waals surface area contributed by atoms with Crippen LogP contribution in [0, 0.1) is 0 Å². The van der Waals surface area contributed by atoms with E-state index in [2.05, 4.69) is 0 Å². The van der Waals surface area contributed by atoms with Crippen LogP contribution in [0.2, 0.25) is 5.02 Å². The van der Waals surface area contributed by atoms with Crippen LogP contribution in [0.1, 0.15) is 22.9 Å². The van der Waals surface area contributed by atoms with E-state index in [4.69, 9.17) is 32.7 Å². The topological polar surface area (TPSA) is 18.5 Å². The highest BCUT2D eigenvalue weighted by Crippen LogP contribution is 2.36. The predicted octanol–water partition coefficient (Wildman–Crippen LogP) is 4.83. The Morgan fingerprint density at radius 3 is 2.25 bits per heavy atom. The third kappa shape index (κ3) is 2.87. The zero-order valence-electron chi connectivity index (χ0n) is 10.8. The van der Waals surface area contributed by atoms with Gasteiger partial charge in [-0.15, -0.1) is 11.6 Å². The van der Waals surface area contributed by atoms with Crippen LogP contribution in [0.25, 0.3) is 0 Å². The van der Waals surface area contributed by atoms with E-state index in [-0.39, 0.29) is 5.38 Å². The molecule has 0 fully saturated rings. The van der Waals surface area contributed by atoms with Crippen LogP contribution in [-0.2, 0) is 0 Å². The molecule has 2 aromatic rings. The third-order valence-corrected chi connectivity index (χ3v) is 3.98. The summed E-state index contributed by atoms with van der Waals surface area (Å²) in [6.07, 6.45) is 0.894. The van der Waals surface area contributed by atoms with Gasteiger partial charge in [-0.05, 0) is 35.4 Å². The quantitative estimate of drug-likeness (QED) is 0.740. The fourth-order valence-electron chi connectivity index (χ4n) is 2.16. The van der Waals surface area contributed by atoms with E-state index >= 15 is 0 Å². The van der Waals surface area contributed by atoms with E-state index in [9.17, 15) is 0 Å². The minimum atomic E-state index is -0.232. The highest BCUT2D eigenvalue weighted by molar-refractivity contribution is 6.30. The molecule has 1 aliphatic heterocycles. The Morgan fingerprint density at radius 2 is 1.50 bits per heavy atom. The van der Waals surface area contributed by atoms with Gasteiger partial charge in [0.2, 0.25) is 0 Å². The van der Waals surface area contributed by atoms with Gasteiger partial charge in [-0.2, -0.15) is 0 Å². The van der Waals surface area contributed by atoms with Crippen molar-refractivity contribution in [2.45, 2.75) is 11.8 Å².